The molecule has 0 bridgehead atoms. The minimum Gasteiger partial charge on any atom is -0.287 e. The molecule has 2 aromatic heterocycles. The number of nitrogens with zero attached hydrogens (tertiary/aromatic N) is 2. The van der Waals surface area contributed by atoms with Crippen molar-refractivity contribution < 1.29 is 0 Å². The molecule has 0 fully saturated rings. The third kappa shape index (κ3) is 5.26. The molecular formula is C50H34N2S2Si. The van der Waals surface area contributed by atoms with Gasteiger partial charge in [0.15, 0.2) is 13.2 Å². The molecule has 10 aromatic rings. The van der Waals surface area contributed by atoms with Crippen LogP contribution < -0.4 is 20.7 Å². The van der Waals surface area contributed by atoms with Gasteiger partial charge in [0, 0.05) is 25.9 Å². The van der Waals surface area contributed by atoms with Gasteiger partial charge in [-0.1, -0.05) is 169 Å². The van der Waals surface area contributed by atoms with E-state index in [-0.39, 0.29) is 0 Å². The molecule has 0 radical (unpaired) electrons. The lowest BCUT2D eigenvalue weighted by Crippen LogP contribution is -2.74. The molecule has 55 heavy (non-hydrogen) atoms. The molecule has 5 heteroatoms. The third-order valence-corrected chi connectivity index (χ3v) is 18.2. The van der Waals surface area contributed by atoms with Crippen LogP contribution in [0.1, 0.15) is 5.56 Å². The standard InChI is InChI=1S/C50H34N2S2Si/c1-3-15-39(16-4-1)55(40-17-5-2-6-18-40,41-19-11-13-34(29-41)36-27-28-49-44(31-36)43-21-7-10-24-48(43)54-49)42-20-12-14-35(30-42)37-25-26-38-33-53-50-51-45-22-8-9-23-46(45)52(50)47(38)32-37/h1-32H,33H2. The van der Waals surface area contributed by atoms with Gasteiger partial charge in [-0.2, -0.15) is 0 Å². The lowest BCUT2D eigenvalue weighted by molar-refractivity contribution is 0.895. The number of thioether (sulfide) groups is 1. The van der Waals surface area contributed by atoms with Gasteiger partial charge in [-0.15, -0.1) is 11.3 Å². The molecular weight excluding hydrogens is 721 g/mol. The molecule has 11 rings (SSSR count). The van der Waals surface area contributed by atoms with Gasteiger partial charge >= 0.3 is 0 Å². The first kappa shape index (κ1) is 32.4. The molecule has 0 unspecified atom stereocenters. The van der Waals surface area contributed by atoms with Gasteiger partial charge in [0.25, 0.3) is 0 Å². The predicted molar refractivity (Wildman–Crippen MR) is 238 cm³/mol. The molecule has 0 aliphatic carbocycles. The van der Waals surface area contributed by atoms with Crippen molar-refractivity contribution in [3.63, 3.8) is 0 Å². The zero-order chi connectivity index (χ0) is 36.3. The number of benzene rings is 8. The number of hydrogen-bond donors (Lipinski definition) is 0. The van der Waals surface area contributed by atoms with Gasteiger partial charge < -0.3 is 0 Å². The van der Waals surface area contributed by atoms with E-state index in [2.05, 4.69) is 199 Å². The SMILES string of the molecule is c1ccc([Si](c2ccccc2)(c2cccc(-c3ccc4c(c3)-n3c(nc5ccccc53)SC4)c2)c2cccc(-c3ccc4sc5ccccc5c4c3)c2)cc1. The van der Waals surface area contributed by atoms with Crippen LogP contribution in [0.5, 0.6) is 0 Å². The first-order valence-electron chi connectivity index (χ1n) is 18.7. The Morgan fingerprint density at radius 1 is 0.455 bits per heavy atom. The number of imidazole rings is 1. The molecule has 2 nitrogen and oxygen atoms in total. The molecule has 0 saturated heterocycles. The average Bonchev–Trinajstić information content (AvgIpc) is 3.83. The summed E-state index contributed by atoms with van der Waals surface area (Å²) in [4.78, 5) is 4.99. The van der Waals surface area contributed by atoms with E-state index in [9.17, 15) is 0 Å². The van der Waals surface area contributed by atoms with Crippen molar-refractivity contribution in [1.82, 2.24) is 9.55 Å². The van der Waals surface area contributed by atoms with Gasteiger partial charge in [-0.05, 0) is 85.0 Å². The summed E-state index contributed by atoms with van der Waals surface area (Å²) in [6.07, 6.45) is 0. The van der Waals surface area contributed by atoms with Crippen LogP contribution in [0.2, 0.25) is 0 Å². The summed E-state index contributed by atoms with van der Waals surface area (Å²) in [5.41, 5.74) is 9.68. The molecule has 0 atom stereocenters. The number of rotatable bonds is 6. The highest BCUT2D eigenvalue weighted by molar-refractivity contribution is 7.98. The van der Waals surface area contributed by atoms with Crippen molar-refractivity contribution in [1.29, 1.82) is 0 Å². The van der Waals surface area contributed by atoms with Gasteiger partial charge in [0.2, 0.25) is 0 Å². The van der Waals surface area contributed by atoms with Crippen LogP contribution in [-0.2, 0) is 5.75 Å². The van der Waals surface area contributed by atoms with Crippen LogP contribution >= 0.6 is 23.1 Å². The Morgan fingerprint density at radius 2 is 1.04 bits per heavy atom. The Labute approximate surface area is 329 Å². The van der Waals surface area contributed by atoms with Gasteiger partial charge in [-0.25, -0.2) is 4.98 Å². The van der Waals surface area contributed by atoms with Crippen LogP contribution in [0.25, 0.3) is 59.1 Å². The molecule has 1 aliphatic rings. The molecule has 260 valence electrons. The van der Waals surface area contributed by atoms with Gasteiger partial charge in [0.1, 0.15) is 0 Å². The van der Waals surface area contributed by atoms with Crippen molar-refractivity contribution in [3.8, 4) is 27.9 Å². The Bertz CT molecular complexity index is 3020. The van der Waals surface area contributed by atoms with Crippen LogP contribution in [0.3, 0.4) is 0 Å². The first-order valence-corrected chi connectivity index (χ1v) is 22.5. The summed E-state index contributed by atoms with van der Waals surface area (Å²) in [6.45, 7) is 0. The summed E-state index contributed by atoms with van der Waals surface area (Å²) in [7, 11) is -2.84. The average molecular weight is 755 g/mol. The van der Waals surface area contributed by atoms with E-state index < -0.39 is 8.07 Å². The maximum absolute atomic E-state index is 4.99. The quantitative estimate of drug-likeness (QED) is 0.124. The highest BCUT2D eigenvalue weighted by Crippen LogP contribution is 2.39. The fraction of sp³-hybridized carbons (Fsp3) is 0.0200. The van der Waals surface area contributed by atoms with Gasteiger partial charge in [-0.3, -0.25) is 4.57 Å². The maximum atomic E-state index is 4.99. The fourth-order valence-electron chi connectivity index (χ4n) is 8.70. The van der Waals surface area contributed by atoms with Crippen molar-refractivity contribution >= 4 is 83.1 Å². The summed E-state index contributed by atoms with van der Waals surface area (Å²) >= 11 is 3.69. The summed E-state index contributed by atoms with van der Waals surface area (Å²) in [5.74, 6) is 0.920. The molecule has 0 amide bonds. The lowest BCUT2D eigenvalue weighted by atomic mass is 10.0. The topological polar surface area (TPSA) is 17.8 Å². The van der Waals surface area contributed by atoms with Gasteiger partial charge in [0.05, 0.1) is 16.7 Å². The summed E-state index contributed by atoms with van der Waals surface area (Å²) in [5, 5.41) is 9.18. The normalized spacial score (nSPS) is 12.6. The highest BCUT2D eigenvalue weighted by Gasteiger charge is 2.41. The van der Waals surface area contributed by atoms with Crippen LogP contribution in [0, 0.1) is 0 Å². The number of fused-ring (bicyclic) bond motifs is 8. The Hall–Kier alpha value is -5.98. The Morgan fingerprint density at radius 3 is 1.78 bits per heavy atom. The van der Waals surface area contributed by atoms with Crippen LogP contribution in [0.15, 0.2) is 199 Å². The second-order valence-electron chi connectivity index (χ2n) is 14.3. The lowest BCUT2D eigenvalue weighted by Gasteiger charge is -2.35. The molecule has 0 spiro atoms. The van der Waals surface area contributed by atoms with E-state index in [4.69, 9.17) is 4.98 Å². The minimum atomic E-state index is -2.84. The van der Waals surface area contributed by atoms with E-state index in [0.29, 0.717) is 0 Å². The molecule has 0 N–H and O–H groups in total. The predicted octanol–water partition coefficient (Wildman–Crippen LogP) is 10.7. The third-order valence-electron chi connectivity index (χ3n) is 11.3. The van der Waals surface area contributed by atoms with E-state index in [0.717, 1.165) is 21.9 Å². The van der Waals surface area contributed by atoms with E-state index in [1.54, 1.807) is 0 Å². The van der Waals surface area contributed by atoms with Crippen LogP contribution in [-0.4, -0.2) is 17.6 Å². The maximum Gasteiger partial charge on any atom is 0.179 e. The Balaban J connectivity index is 1.11. The molecule has 0 saturated carbocycles. The monoisotopic (exact) mass is 754 g/mol. The number of para-hydroxylation sites is 2. The van der Waals surface area contributed by atoms with Crippen molar-refractivity contribution in [3.05, 3.63) is 200 Å². The van der Waals surface area contributed by atoms with E-state index in [1.165, 1.54) is 74.4 Å². The smallest absolute Gasteiger partial charge is 0.179 e. The van der Waals surface area contributed by atoms with Crippen molar-refractivity contribution in [2.45, 2.75) is 10.9 Å². The number of thiophene rings is 1. The summed E-state index contributed by atoms with van der Waals surface area (Å²) in [6, 6.07) is 72.6. The van der Waals surface area contributed by atoms with E-state index in [1.807, 2.05) is 23.1 Å². The van der Waals surface area contributed by atoms with Crippen molar-refractivity contribution in [2.24, 2.45) is 0 Å². The number of hydrogen-bond acceptors (Lipinski definition) is 3. The van der Waals surface area contributed by atoms with Crippen molar-refractivity contribution in [2.75, 3.05) is 0 Å². The van der Waals surface area contributed by atoms with E-state index >= 15 is 0 Å². The number of aromatic nitrogens is 2. The molecule has 3 heterocycles. The zero-order valence-electron chi connectivity index (χ0n) is 29.9. The zero-order valence-corrected chi connectivity index (χ0v) is 32.5. The Kier molecular flexibility index (Phi) is 7.73. The summed E-state index contributed by atoms with van der Waals surface area (Å²) < 4.78 is 5.01. The molecule has 1 aliphatic heterocycles. The molecule has 8 aromatic carbocycles. The minimum absolute atomic E-state index is 0.920. The second-order valence-corrected chi connectivity index (χ2v) is 20.1. The first-order chi connectivity index (χ1) is 27.2. The largest absolute Gasteiger partial charge is 0.287 e. The fourth-order valence-corrected chi connectivity index (χ4v) is 15.6. The second kappa shape index (κ2) is 13.1. The highest BCUT2D eigenvalue weighted by atomic mass is 32.2. The van der Waals surface area contributed by atoms with Crippen LogP contribution in [0.4, 0.5) is 0 Å².